The van der Waals surface area contributed by atoms with Gasteiger partial charge in [-0.25, -0.2) is 13.6 Å². The topological polar surface area (TPSA) is 71.6 Å². The molecule has 7 rings (SSSR count). The maximum absolute atomic E-state index is 15.8. The third-order valence-electron chi connectivity index (χ3n) is 9.44. The number of alkyl halides is 1. The van der Waals surface area contributed by atoms with Crippen LogP contribution in [0.2, 0.25) is 10.0 Å². The van der Waals surface area contributed by atoms with E-state index in [4.69, 9.17) is 37.4 Å². The van der Waals surface area contributed by atoms with Gasteiger partial charge in [0.15, 0.2) is 6.73 Å². The summed E-state index contributed by atoms with van der Waals surface area (Å²) in [6, 6.07) is 11.8. The number of rotatable bonds is 5. The summed E-state index contributed by atoms with van der Waals surface area (Å²) in [5, 5.41) is 0.401. The van der Waals surface area contributed by atoms with Crippen LogP contribution >= 0.6 is 23.2 Å². The van der Waals surface area contributed by atoms with E-state index in [2.05, 4.69) is 4.90 Å². The Morgan fingerprint density at radius 1 is 0.957 bits per heavy atom. The van der Waals surface area contributed by atoms with Crippen molar-refractivity contribution in [3.63, 3.8) is 0 Å². The molecular weight excluding hydrogens is 639 g/mol. The van der Waals surface area contributed by atoms with E-state index in [0.717, 1.165) is 18.5 Å². The van der Waals surface area contributed by atoms with E-state index in [1.54, 1.807) is 30.3 Å². The SMILES string of the molecule is COC(=O)c1cc(F)c(-c2cccc3c2OCN(C(=O)c2c(Cl)cc(N4CCC(F)CC4)cc2Cl)C3)cc1N1C2CCC1COC2. The van der Waals surface area contributed by atoms with Crippen LogP contribution in [0.1, 0.15) is 52.0 Å². The molecule has 3 saturated heterocycles. The van der Waals surface area contributed by atoms with Crippen LogP contribution in [0, 0.1) is 5.82 Å². The lowest BCUT2D eigenvalue weighted by atomic mass is 9.96. The van der Waals surface area contributed by atoms with E-state index >= 15 is 4.39 Å². The maximum atomic E-state index is 15.8. The van der Waals surface area contributed by atoms with Gasteiger partial charge in [-0.15, -0.1) is 0 Å². The van der Waals surface area contributed by atoms with Crippen molar-refractivity contribution in [1.29, 1.82) is 0 Å². The molecule has 3 fully saturated rings. The minimum Gasteiger partial charge on any atom is -0.472 e. The molecule has 0 saturated carbocycles. The Kier molecular flexibility index (Phi) is 8.46. The number of piperidine rings is 1. The third-order valence-corrected chi connectivity index (χ3v) is 10.0. The molecule has 2 bridgehead atoms. The van der Waals surface area contributed by atoms with Crippen LogP contribution < -0.4 is 14.5 Å². The second-order valence-corrected chi connectivity index (χ2v) is 13.0. The highest BCUT2D eigenvalue weighted by molar-refractivity contribution is 6.40. The number of fused-ring (bicyclic) bond motifs is 3. The molecule has 0 radical (unpaired) electrons. The van der Waals surface area contributed by atoms with E-state index in [1.807, 2.05) is 11.0 Å². The van der Waals surface area contributed by atoms with Crippen molar-refractivity contribution in [1.82, 2.24) is 4.90 Å². The second kappa shape index (κ2) is 12.5. The summed E-state index contributed by atoms with van der Waals surface area (Å²) in [5.41, 5.74) is 3.14. The molecule has 2 atom stereocenters. The molecule has 12 heteroatoms. The van der Waals surface area contributed by atoms with Gasteiger partial charge in [-0.2, -0.15) is 0 Å². The quantitative estimate of drug-likeness (QED) is 0.274. The Bertz CT molecular complexity index is 1660. The number of carbonyl (C=O) groups excluding carboxylic acids is 2. The summed E-state index contributed by atoms with van der Waals surface area (Å²) in [6.07, 6.45) is 1.87. The van der Waals surface area contributed by atoms with E-state index < -0.39 is 23.9 Å². The monoisotopic (exact) mass is 671 g/mol. The van der Waals surface area contributed by atoms with Crippen LogP contribution in [0.3, 0.4) is 0 Å². The van der Waals surface area contributed by atoms with E-state index in [9.17, 15) is 14.0 Å². The molecule has 2 unspecified atom stereocenters. The average Bonchev–Trinajstić information content (AvgIpc) is 3.30. The lowest BCUT2D eigenvalue weighted by Gasteiger charge is -2.38. The van der Waals surface area contributed by atoms with Crippen LogP contribution in [0.25, 0.3) is 11.1 Å². The van der Waals surface area contributed by atoms with Crippen LogP contribution in [-0.4, -0.2) is 75.2 Å². The average molecular weight is 673 g/mol. The van der Waals surface area contributed by atoms with Gasteiger partial charge in [0, 0.05) is 35.5 Å². The highest BCUT2D eigenvalue weighted by Gasteiger charge is 2.40. The van der Waals surface area contributed by atoms with Gasteiger partial charge in [-0.3, -0.25) is 4.79 Å². The normalized spacial score (nSPS) is 21.2. The van der Waals surface area contributed by atoms with Gasteiger partial charge in [-0.1, -0.05) is 41.4 Å². The number of ether oxygens (including phenoxy) is 3. The Morgan fingerprint density at radius 3 is 2.33 bits per heavy atom. The standard InChI is InChI=1S/C34H33Cl2F2N3O5/c1-44-34(43)26-13-29(38)25(14-30(26)41-21-5-6-22(41)17-45-16-21)24-4-2-3-19-15-40(18-46-32(19)24)33(42)31-27(35)11-23(12-28(31)36)39-9-7-20(37)8-10-39/h2-4,11-14,20-22H,5-10,15-18H2,1H3. The van der Waals surface area contributed by atoms with Crippen LogP contribution in [0.4, 0.5) is 20.2 Å². The van der Waals surface area contributed by atoms with Crippen molar-refractivity contribution in [2.24, 2.45) is 0 Å². The number of halogens is 4. The molecule has 3 aromatic carbocycles. The van der Waals surface area contributed by atoms with Crippen molar-refractivity contribution in [2.45, 2.75) is 50.5 Å². The zero-order valence-electron chi connectivity index (χ0n) is 25.2. The Morgan fingerprint density at radius 2 is 1.65 bits per heavy atom. The fourth-order valence-corrected chi connectivity index (χ4v) is 7.74. The maximum Gasteiger partial charge on any atom is 0.340 e. The molecule has 4 aliphatic rings. The zero-order chi connectivity index (χ0) is 32.1. The van der Waals surface area contributed by atoms with E-state index in [-0.39, 0.29) is 52.1 Å². The lowest BCUT2D eigenvalue weighted by Crippen LogP contribution is -2.46. The minimum atomic E-state index is -0.817. The Hall–Kier alpha value is -3.60. The fraction of sp³-hybridized carbons (Fsp3) is 0.412. The molecule has 1 amide bonds. The molecule has 0 aromatic heterocycles. The van der Waals surface area contributed by atoms with Crippen molar-refractivity contribution >= 4 is 46.5 Å². The number of anilines is 2. The number of esters is 1. The van der Waals surface area contributed by atoms with Gasteiger partial charge < -0.3 is 28.9 Å². The molecule has 0 aliphatic carbocycles. The summed E-state index contributed by atoms with van der Waals surface area (Å²) in [5.74, 6) is -1.15. The van der Waals surface area contributed by atoms with Gasteiger partial charge in [0.05, 0.1) is 65.8 Å². The summed E-state index contributed by atoms with van der Waals surface area (Å²) < 4.78 is 46.4. The lowest BCUT2D eigenvalue weighted by molar-refractivity contribution is 0.0515. The third kappa shape index (κ3) is 5.54. The largest absolute Gasteiger partial charge is 0.472 e. The van der Waals surface area contributed by atoms with Crippen molar-refractivity contribution in [3.8, 4) is 16.9 Å². The van der Waals surface area contributed by atoms with Crippen molar-refractivity contribution in [3.05, 3.63) is 75.0 Å². The Balaban J connectivity index is 1.18. The van der Waals surface area contributed by atoms with Crippen LogP contribution in [0.5, 0.6) is 5.75 Å². The fourth-order valence-electron chi connectivity index (χ4n) is 7.10. The summed E-state index contributed by atoms with van der Waals surface area (Å²) in [6.45, 7) is 2.23. The number of para-hydroxylation sites is 1. The first-order chi connectivity index (χ1) is 22.2. The van der Waals surface area contributed by atoms with E-state index in [1.165, 1.54) is 18.1 Å². The number of benzene rings is 3. The van der Waals surface area contributed by atoms with Gasteiger partial charge >= 0.3 is 5.97 Å². The smallest absolute Gasteiger partial charge is 0.340 e. The number of carbonyl (C=O) groups is 2. The van der Waals surface area contributed by atoms with Crippen LogP contribution in [-0.2, 0) is 16.0 Å². The van der Waals surface area contributed by atoms with Gasteiger partial charge in [0.1, 0.15) is 17.7 Å². The molecule has 4 aliphatic heterocycles. The predicted molar refractivity (Wildman–Crippen MR) is 171 cm³/mol. The molecule has 3 aromatic rings. The molecule has 46 heavy (non-hydrogen) atoms. The number of hydrogen-bond acceptors (Lipinski definition) is 7. The minimum absolute atomic E-state index is 0.0797. The molecular formula is C34H33Cl2F2N3O5. The van der Waals surface area contributed by atoms with Gasteiger partial charge in [-0.05, 0) is 49.9 Å². The molecule has 242 valence electrons. The second-order valence-electron chi connectivity index (χ2n) is 12.2. The molecule has 4 heterocycles. The van der Waals surface area contributed by atoms with Crippen molar-refractivity contribution in [2.75, 3.05) is 49.9 Å². The summed E-state index contributed by atoms with van der Waals surface area (Å²) in [4.78, 5) is 32.1. The number of hydrogen-bond donors (Lipinski definition) is 0. The van der Waals surface area contributed by atoms with Crippen LogP contribution in [0.15, 0.2) is 42.5 Å². The number of amides is 1. The Labute approximate surface area is 275 Å². The first-order valence-corrected chi connectivity index (χ1v) is 16.2. The molecule has 0 spiro atoms. The molecule has 0 N–H and O–H groups in total. The summed E-state index contributed by atoms with van der Waals surface area (Å²) >= 11 is 13.2. The predicted octanol–water partition coefficient (Wildman–Crippen LogP) is 6.88. The first-order valence-electron chi connectivity index (χ1n) is 15.4. The highest BCUT2D eigenvalue weighted by Crippen LogP contribution is 2.43. The number of nitrogens with zero attached hydrogens (tertiary/aromatic N) is 3. The summed E-state index contributed by atoms with van der Waals surface area (Å²) in [7, 11) is 1.28. The highest BCUT2D eigenvalue weighted by atomic mass is 35.5. The number of methoxy groups -OCH3 is 1. The van der Waals surface area contributed by atoms with Crippen molar-refractivity contribution < 1.29 is 32.6 Å². The molecule has 8 nitrogen and oxygen atoms in total. The number of morpholine rings is 1. The van der Waals surface area contributed by atoms with E-state index in [0.29, 0.717) is 61.7 Å². The van der Waals surface area contributed by atoms with Gasteiger partial charge in [0.2, 0.25) is 0 Å². The van der Waals surface area contributed by atoms with Gasteiger partial charge in [0.25, 0.3) is 5.91 Å². The first kappa shape index (κ1) is 31.0. The zero-order valence-corrected chi connectivity index (χ0v) is 26.8.